The second-order valence-electron chi connectivity index (χ2n) is 1.68. The predicted octanol–water partition coefficient (Wildman–Crippen LogP) is 0.0960. The highest BCUT2D eigenvalue weighted by Crippen LogP contribution is 2.15. The maximum atomic E-state index is 12.4. The highest BCUT2D eigenvalue weighted by Gasteiger charge is 2.17. The Morgan fingerprint density at radius 1 is 1.90 bits per heavy atom. The molecule has 0 fully saturated rings. The van der Waals surface area contributed by atoms with Crippen LogP contribution >= 0.6 is 22.9 Å². The molecule has 10 heavy (non-hydrogen) atoms. The Kier molecular flexibility index (Phi) is 2.09. The molecule has 56 valence electrons. The van der Waals surface area contributed by atoms with Crippen LogP contribution in [0.3, 0.4) is 0 Å². The Morgan fingerprint density at radius 2 is 2.50 bits per heavy atom. The molecule has 0 amide bonds. The van der Waals surface area contributed by atoms with Crippen LogP contribution in [0.15, 0.2) is 17.0 Å². The minimum atomic E-state index is -1.07. The molecule has 1 unspecified atom stereocenters. The van der Waals surface area contributed by atoms with E-state index in [0.29, 0.717) is 0 Å². The molecule has 1 rings (SSSR count). The van der Waals surface area contributed by atoms with Crippen LogP contribution in [0, 0.1) is 0 Å². The van der Waals surface area contributed by atoms with Crippen molar-refractivity contribution >= 4 is 28.7 Å². The molecular weight excluding hydrogens is 252 g/mol. The number of nitrogens with two attached hydrogens (primary N) is 1. The van der Waals surface area contributed by atoms with Crippen molar-refractivity contribution in [1.82, 2.24) is 3.11 Å². The Balaban J connectivity index is 2.83. The monoisotopic (exact) mass is 257 g/mol. The molecular formula is C4H5FIN3O. The molecule has 0 radical (unpaired) electrons. The van der Waals surface area contributed by atoms with Crippen LogP contribution in [-0.4, -0.2) is 20.4 Å². The standard InChI is InChI=1S/C4H5FIN3O/c5-2-1-9(6)4(10)8-3(2)7/h1,4,10H,(H2,7,8). The normalized spacial score (nSPS) is 25.9. The van der Waals surface area contributed by atoms with E-state index >= 15 is 0 Å². The number of nitrogens with zero attached hydrogens (tertiary/aromatic N) is 2. The average molecular weight is 257 g/mol. The van der Waals surface area contributed by atoms with E-state index < -0.39 is 12.2 Å². The van der Waals surface area contributed by atoms with Crippen molar-refractivity contribution in [3.8, 4) is 0 Å². The zero-order valence-electron chi connectivity index (χ0n) is 4.83. The van der Waals surface area contributed by atoms with Crippen LogP contribution in [-0.2, 0) is 0 Å². The second kappa shape index (κ2) is 2.70. The van der Waals surface area contributed by atoms with Crippen LogP contribution in [0.2, 0.25) is 0 Å². The Hall–Kier alpha value is -0.370. The molecule has 3 N–H and O–H groups in total. The van der Waals surface area contributed by atoms with Crippen molar-refractivity contribution in [3.05, 3.63) is 12.0 Å². The third-order valence-electron chi connectivity index (χ3n) is 0.957. The lowest BCUT2D eigenvalue weighted by atomic mass is 10.5. The highest BCUT2D eigenvalue weighted by atomic mass is 127. The van der Waals surface area contributed by atoms with Gasteiger partial charge in [-0.15, -0.1) is 0 Å². The topological polar surface area (TPSA) is 61.9 Å². The summed E-state index contributed by atoms with van der Waals surface area (Å²) in [6, 6.07) is 0. The van der Waals surface area contributed by atoms with Crippen LogP contribution in [0.1, 0.15) is 0 Å². The third kappa shape index (κ3) is 1.37. The molecule has 0 spiro atoms. The summed E-state index contributed by atoms with van der Waals surface area (Å²) >= 11 is 1.71. The smallest absolute Gasteiger partial charge is 0.235 e. The number of hydrogen-bond acceptors (Lipinski definition) is 4. The molecule has 0 aromatic carbocycles. The molecule has 1 aliphatic heterocycles. The Bertz CT molecular complexity index is 183. The molecule has 0 saturated carbocycles. The fraction of sp³-hybridized carbons (Fsp3) is 0.250. The summed E-state index contributed by atoms with van der Waals surface area (Å²) in [7, 11) is 0. The molecule has 0 aliphatic carbocycles. The van der Waals surface area contributed by atoms with Gasteiger partial charge in [-0.25, -0.2) is 9.38 Å². The minimum Gasteiger partial charge on any atom is -0.381 e. The number of halogens is 2. The molecule has 1 atom stereocenters. The van der Waals surface area contributed by atoms with E-state index in [0.717, 1.165) is 6.20 Å². The number of aliphatic imine (C=N–C) groups is 1. The molecule has 1 aliphatic rings. The van der Waals surface area contributed by atoms with Gasteiger partial charge in [-0.3, -0.25) is 3.11 Å². The average Bonchev–Trinajstić information content (AvgIpc) is 1.84. The summed E-state index contributed by atoms with van der Waals surface area (Å²) in [4.78, 5) is 3.37. The zero-order valence-corrected chi connectivity index (χ0v) is 6.99. The molecule has 4 nitrogen and oxygen atoms in total. The van der Waals surface area contributed by atoms with Crippen LogP contribution in [0.5, 0.6) is 0 Å². The maximum absolute atomic E-state index is 12.4. The second-order valence-corrected chi connectivity index (χ2v) is 2.80. The summed E-state index contributed by atoms with van der Waals surface area (Å²) in [6.07, 6.45) is 0.00759. The van der Waals surface area contributed by atoms with Gasteiger partial charge in [0.05, 0.1) is 29.1 Å². The van der Waals surface area contributed by atoms with Crippen molar-refractivity contribution in [2.45, 2.75) is 6.35 Å². The van der Waals surface area contributed by atoms with Crippen molar-refractivity contribution in [2.75, 3.05) is 0 Å². The quantitative estimate of drug-likeness (QED) is 0.477. The van der Waals surface area contributed by atoms with Gasteiger partial charge in [0, 0.05) is 0 Å². The van der Waals surface area contributed by atoms with Crippen molar-refractivity contribution < 1.29 is 9.50 Å². The molecule has 6 heteroatoms. The highest BCUT2D eigenvalue weighted by molar-refractivity contribution is 14.1. The van der Waals surface area contributed by atoms with Gasteiger partial charge in [0.15, 0.2) is 11.7 Å². The van der Waals surface area contributed by atoms with Crippen molar-refractivity contribution in [3.63, 3.8) is 0 Å². The lowest BCUT2D eigenvalue weighted by Crippen LogP contribution is -2.29. The Morgan fingerprint density at radius 3 is 3.00 bits per heavy atom. The number of aliphatic hydroxyl groups is 1. The van der Waals surface area contributed by atoms with Crippen LogP contribution in [0.4, 0.5) is 4.39 Å². The van der Waals surface area contributed by atoms with Gasteiger partial charge < -0.3 is 10.8 Å². The lowest BCUT2D eigenvalue weighted by Gasteiger charge is -2.19. The lowest BCUT2D eigenvalue weighted by molar-refractivity contribution is 0.113. The zero-order chi connectivity index (χ0) is 7.72. The molecule has 1 heterocycles. The van der Waals surface area contributed by atoms with E-state index in [-0.39, 0.29) is 5.84 Å². The van der Waals surface area contributed by atoms with E-state index in [9.17, 15) is 4.39 Å². The molecule has 0 aromatic heterocycles. The summed E-state index contributed by atoms with van der Waals surface area (Å²) < 4.78 is 13.6. The molecule has 0 aromatic rings. The summed E-state index contributed by atoms with van der Waals surface area (Å²) in [5.74, 6) is -0.889. The van der Waals surface area contributed by atoms with E-state index in [1.165, 1.54) is 3.11 Å². The van der Waals surface area contributed by atoms with Crippen LogP contribution < -0.4 is 5.73 Å². The number of rotatable bonds is 0. The van der Waals surface area contributed by atoms with Gasteiger partial charge in [-0.05, 0) is 0 Å². The SMILES string of the molecule is NC1=NC(O)N(I)C=C1F. The summed E-state index contributed by atoms with van der Waals surface area (Å²) in [6.45, 7) is 0. The van der Waals surface area contributed by atoms with Crippen molar-refractivity contribution in [1.29, 1.82) is 0 Å². The van der Waals surface area contributed by atoms with Gasteiger partial charge in [0.2, 0.25) is 6.35 Å². The first kappa shape index (κ1) is 7.73. The first-order chi connectivity index (χ1) is 4.61. The molecule has 0 saturated heterocycles. The van der Waals surface area contributed by atoms with Gasteiger partial charge in [0.1, 0.15) is 0 Å². The number of aliphatic hydroxyl groups excluding tert-OH is 1. The molecule has 0 bridgehead atoms. The fourth-order valence-corrected chi connectivity index (χ4v) is 0.851. The largest absolute Gasteiger partial charge is 0.381 e. The van der Waals surface area contributed by atoms with Gasteiger partial charge in [-0.1, -0.05) is 0 Å². The number of hydrogen-bond donors (Lipinski definition) is 2. The van der Waals surface area contributed by atoms with Crippen molar-refractivity contribution in [2.24, 2.45) is 10.7 Å². The third-order valence-corrected chi connectivity index (χ3v) is 1.73. The van der Waals surface area contributed by atoms with Gasteiger partial charge in [0.25, 0.3) is 0 Å². The fourth-order valence-electron chi connectivity index (χ4n) is 0.482. The first-order valence-corrected chi connectivity index (χ1v) is 3.41. The van der Waals surface area contributed by atoms with Gasteiger partial charge in [-0.2, -0.15) is 0 Å². The summed E-state index contributed by atoms with van der Waals surface area (Å²) in [5, 5.41) is 8.91. The van der Waals surface area contributed by atoms with E-state index in [1.807, 2.05) is 0 Å². The van der Waals surface area contributed by atoms with E-state index in [4.69, 9.17) is 10.8 Å². The first-order valence-electron chi connectivity index (χ1n) is 2.44. The maximum Gasteiger partial charge on any atom is 0.235 e. The van der Waals surface area contributed by atoms with Gasteiger partial charge >= 0.3 is 0 Å². The van der Waals surface area contributed by atoms with Crippen LogP contribution in [0.25, 0.3) is 0 Å². The van der Waals surface area contributed by atoms with E-state index in [1.54, 1.807) is 22.9 Å². The summed E-state index contributed by atoms with van der Waals surface area (Å²) in [5.41, 5.74) is 5.05. The predicted molar refractivity (Wildman–Crippen MR) is 42.7 cm³/mol. The Labute approximate surface area is 70.7 Å². The van der Waals surface area contributed by atoms with E-state index in [2.05, 4.69) is 4.99 Å². The number of amidine groups is 1. The minimum absolute atomic E-state index is 0.264.